The third kappa shape index (κ3) is 6.61. The summed E-state index contributed by atoms with van der Waals surface area (Å²) < 4.78 is 10.8. The highest BCUT2D eigenvalue weighted by atomic mass is 16.5. The molecule has 2 unspecified atom stereocenters. The van der Waals surface area contributed by atoms with Crippen LogP contribution in [0.2, 0.25) is 0 Å². The fourth-order valence-electron chi connectivity index (χ4n) is 2.78. The molecule has 0 bridgehead atoms. The van der Waals surface area contributed by atoms with Crippen molar-refractivity contribution in [1.29, 1.82) is 0 Å². The zero-order valence-corrected chi connectivity index (χ0v) is 17.5. The Kier molecular flexibility index (Phi) is 8.68. The molecule has 0 saturated heterocycles. The molecule has 0 aliphatic carbocycles. The lowest BCUT2D eigenvalue weighted by atomic mass is 9.98. The van der Waals surface area contributed by atoms with Crippen molar-refractivity contribution >= 4 is 17.5 Å². The summed E-state index contributed by atoms with van der Waals surface area (Å²) in [5, 5.41) is 5.58. The van der Waals surface area contributed by atoms with Gasteiger partial charge in [0.1, 0.15) is 5.75 Å². The van der Waals surface area contributed by atoms with Crippen LogP contribution in [0.1, 0.15) is 49.0 Å². The summed E-state index contributed by atoms with van der Waals surface area (Å²) in [7, 11) is 1.58. The van der Waals surface area contributed by atoms with Crippen LogP contribution in [0.3, 0.4) is 0 Å². The zero-order chi connectivity index (χ0) is 21.2. The van der Waals surface area contributed by atoms with E-state index in [0.29, 0.717) is 30.3 Å². The Hall–Kier alpha value is -2.86. The van der Waals surface area contributed by atoms with E-state index in [-0.39, 0.29) is 11.8 Å². The number of hydrogen-bond acceptors (Lipinski definition) is 4. The van der Waals surface area contributed by atoms with Crippen LogP contribution >= 0.6 is 0 Å². The molecule has 0 spiro atoms. The van der Waals surface area contributed by atoms with E-state index in [1.165, 1.54) is 0 Å². The van der Waals surface area contributed by atoms with Crippen LogP contribution in [0.5, 0.6) is 5.75 Å². The molecule has 6 heteroatoms. The minimum atomic E-state index is -0.655. The van der Waals surface area contributed by atoms with Crippen LogP contribution in [-0.4, -0.2) is 38.2 Å². The van der Waals surface area contributed by atoms with E-state index >= 15 is 0 Å². The average Bonchev–Trinajstić information content (AvgIpc) is 2.74. The van der Waals surface area contributed by atoms with Crippen molar-refractivity contribution in [3.05, 3.63) is 59.7 Å². The highest BCUT2D eigenvalue weighted by molar-refractivity contribution is 5.96. The van der Waals surface area contributed by atoms with Gasteiger partial charge in [0.2, 0.25) is 0 Å². The number of nitrogens with one attached hydrogen (secondary N) is 2. The maximum atomic E-state index is 12.5. The molecular weight excluding hydrogens is 368 g/mol. The fourth-order valence-corrected chi connectivity index (χ4v) is 2.78. The van der Waals surface area contributed by atoms with Gasteiger partial charge in [-0.05, 0) is 55.2 Å². The van der Waals surface area contributed by atoms with Gasteiger partial charge in [0.05, 0.1) is 6.61 Å². The molecule has 0 aliphatic heterocycles. The third-order valence-corrected chi connectivity index (χ3v) is 4.74. The summed E-state index contributed by atoms with van der Waals surface area (Å²) >= 11 is 0. The Labute approximate surface area is 172 Å². The lowest BCUT2D eigenvalue weighted by Gasteiger charge is -2.19. The van der Waals surface area contributed by atoms with Gasteiger partial charge in [0.25, 0.3) is 11.8 Å². The number of hydrogen-bond donors (Lipinski definition) is 2. The van der Waals surface area contributed by atoms with Crippen LogP contribution < -0.4 is 15.4 Å². The number of carbonyl (C=O) groups is 2. The quantitative estimate of drug-likeness (QED) is 0.594. The number of ether oxygens (including phenoxy) is 2. The van der Waals surface area contributed by atoms with Crippen LogP contribution in [0.25, 0.3) is 0 Å². The smallest absolute Gasteiger partial charge is 0.265 e. The topological polar surface area (TPSA) is 76.7 Å². The Morgan fingerprint density at radius 3 is 2.38 bits per heavy atom. The van der Waals surface area contributed by atoms with Crippen molar-refractivity contribution in [1.82, 2.24) is 5.32 Å². The predicted octanol–water partition coefficient (Wildman–Crippen LogP) is 3.98. The van der Waals surface area contributed by atoms with Crippen LogP contribution in [0, 0.1) is 0 Å². The molecule has 0 aromatic heterocycles. The van der Waals surface area contributed by atoms with Crippen molar-refractivity contribution in [2.24, 2.45) is 0 Å². The van der Waals surface area contributed by atoms with E-state index in [2.05, 4.69) is 24.5 Å². The zero-order valence-electron chi connectivity index (χ0n) is 17.5. The summed E-state index contributed by atoms with van der Waals surface area (Å²) in [6, 6.07) is 14.5. The van der Waals surface area contributed by atoms with Gasteiger partial charge in [-0.1, -0.05) is 32.0 Å². The summed E-state index contributed by atoms with van der Waals surface area (Å²) in [4.78, 5) is 24.5. The van der Waals surface area contributed by atoms with Gasteiger partial charge in [-0.2, -0.15) is 0 Å². The lowest BCUT2D eigenvalue weighted by molar-refractivity contribution is -0.122. The van der Waals surface area contributed by atoms with Gasteiger partial charge in [-0.25, -0.2) is 0 Å². The second-order valence-corrected chi connectivity index (χ2v) is 6.92. The van der Waals surface area contributed by atoms with Crippen molar-refractivity contribution in [3.63, 3.8) is 0 Å². The van der Waals surface area contributed by atoms with E-state index in [4.69, 9.17) is 9.47 Å². The average molecular weight is 399 g/mol. The molecular formula is C23H30N2O4. The SMILES string of the molecule is CCC(C)c1ccccc1OC(C)C(=O)Nc1ccc(C(=O)NCCOC)cc1. The largest absolute Gasteiger partial charge is 0.481 e. The molecule has 0 aliphatic rings. The number of anilines is 1. The normalized spacial score (nSPS) is 12.7. The van der Waals surface area contributed by atoms with Crippen LogP contribution in [0.4, 0.5) is 5.69 Å². The summed E-state index contributed by atoms with van der Waals surface area (Å²) in [6.07, 6.45) is 0.337. The number of carbonyl (C=O) groups excluding carboxylic acids is 2. The van der Waals surface area contributed by atoms with E-state index in [0.717, 1.165) is 17.7 Å². The van der Waals surface area contributed by atoms with E-state index < -0.39 is 6.10 Å². The third-order valence-electron chi connectivity index (χ3n) is 4.74. The Morgan fingerprint density at radius 1 is 1.03 bits per heavy atom. The molecule has 2 atom stereocenters. The van der Waals surface area contributed by atoms with Gasteiger partial charge < -0.3 is 20.1 Å². The summed E-state index contributed by atoms with van der Waals surface area (Å²) in [5.74, 6) is 0.649. The first-order chi connectivity index (χ1) is 14.0. The van der Waals surface area contributed by atoms with Gasteiger partial charge in [-0.15, -0.1) is 0 Å². The number of methoxy groups -OCH3 is 1. The second-order valence-electron chi connectivity index (χ2n) is 6.92. The maximum absolute atomic E-state index is 12.5. The number of para-hydroxylation sites is 1. The molecule has 2 aromatic carbocycles. The van der Waals surface area contributed by atoms with Crippen molar-refractivity contribution in [2.45, 2.75) is 39.2 Å². The molecule has 0 radical (unpaired) electrons. The molecule has 2 rings (SSSR count). The molecule has 156 valence electrons. The van der Waals surface area contributed by atoms with Crippen LogP contribution in [-0.2, 0) is 9.53 Å². The lowest BCUT2D eigenvalue weighted by Crippen LogP contribution is -2.30. The molecule has 29 heavy (non-hydrogen) atoms. The van der Waals surface area contributed by atoms with Crippen molar-refractivity contribution in [3.8, 4) is 5.75 Å². The monoisotopic (exact) mass is 398 g/mol. The first kappa shape index (κ1) is 22.4. The van der Waals surface area contributed by atoms with Gasteiger partial charge in [0.15, 0.2) is 6.10 Å². The number of amides is 2. The van der Waals surface area contributed by atoms with Crippen molar-refractivity contribution in [2.75, 3.05) is 25.6 Å². The first-order valence-electron chi connectivity index (χ1n) is 9.89. The number of rotatable bonds is 10. The second kappa shape index (κ2) is 11.2. The molecule has 6 nitrogen and oxygen atoms in total. The Morgan fingerprint density at radius 2 is 1.72 bits per heavy atom. The minimum absolute atomic E-state index is 0.182. The molecule has 0 saturated carbocycles. The molecule has 2 aromatic rings. The Bertz CT molecular complexity index is 805. The molecule has 2 N–H and O–H groups in total. The fraction of sp³-hybridized carbons (Fsp3) is 0.391. The standard InChI is InChI=1S/C23H30N2O4/c1-5-16(2)20-8-6-7-9-21(20)29-17(3)22(26)25-19-12-10-18(11-13-19)23(27)24-14-15-28-4/h6-13,16-17H,5,14-15H2,1-4H3,(H,24,27)(H,25,26). The molecule has 2 amide bonds. The van der Waals surface area contributed by atoms with Gasteiger partial charge >= 0.3 is 0 Å². The molecule has 0 fully saturated rings. The maximum Gasteiger partial charge on any atom is 0.265 e. The Balaban J connectivity index is 1.95. The predicted molar refractivity (Wildman–Crippen MR) is 115 cm³/mol. The van der Waals surface area contributed by atoms with E-state index in [1.54, 1.807) is 38.3 Å². The summed E-state index contributed by atoms with van der Waals surface area (Å²) in [6.45, 7) is 6.89. The van der Waals surface area contributed by atoms with E-state index in [9.17, 15) is 9.59 Å². The highest BCUT2D eigenvalue weighted by Crippen LogP contribution is 2.29. The highest BCUT2D eigenvalue weighted by Gasteiger charge is 2.18. The summed E-state index contributed by atoms with van der Waals surface area (Å²) in [5.41, 5.74) is 2.22. The number of benzene rings is 2. The van der Waals surface area contributed by atoms with Crippen LogP contribution in [0.15, 0.2) is 48.5 Å². The van der Waals surface area contributed by atoms with Gasteiger partial charge in [0, 0.05) is 24.9 Å². The van der Waals surface area contributed by atoms with E-state index in [1.807, 2.05) is 24.3 Å². The minimum Gasteiger partial charge on any atom is -0.481 e. The van der Waals surface area contributed by atoms with Crippen molar-refractivity contribution < 1.29 is 19.1 Å². The first-order valence-corrected chi connectivity index (χ1v) is 9.89. The van der Waals surface area contributed by atoms with Gasteiger partial charge in [-0.3, -0.25) is 9.59 Å². The molecule has 0 heterocycles.